The number of benzene rings is 1. The maximum atomic E-state index is 12.9. The first kappa shape index (κ1) is 20.8. The molecule has 6 nitrogen and oxygen atoms in total. The van der Waals surface area contributed by atoms with Crippen LogP contribution in [0.2, 0.25) is 5.02 Å². The number of halogens is 1. The van der Waals surface area contributed by atoms with Gasteiger partial charge in [0.05, 0.1) is 11.6 Å². The second-order valence-corrected chi connectivity index (χ2v) is 10.6. The second-order valence-electron chi connectivity index (χ2n) is 7.48. The Morgan fingerprint density at radius 3 is 2.48 bits per heavy atom. The van der Waals surface area contributed by atoms with Gasteiger partial charge in [0.15, 0.2) is 0 Å². The molecule has 1 saturated carbocycles. The van der Waals surface area contributed by atoms with Gasteiger partial charge in [0.2, 0.25) is 15.9 Å². The van der Waals surface area contributed by atoms with E-state index in [9.17, 15) is 13.2 Å². The number of hydrogen-bond acceptors (Lipinski definition) is 5. The lowest BCUT2D eigenvalue weighted by Crippen LogP contribution is -2.52. The Hall–Kier alpha value is -1.45. The molecular weight excluding hydrogens is 430 g/mol. The van der Waals surface area contributed by atoms with E-state index in [0.29, 0.717) is 25.7 Å². The van der Waals surface area contributed by atoms with Crippen molar-refractivity contribution in [1.82, 2.24) is 14.1 Å². The smallest absolute Gasteiger partial charge is 0.244 e. The fourth-order valence-electron chi connectivity index (χ4n) is 3.62. The SMILES string of the molecule is O=C(CN(Cc1ccsc1)C1CC1)N1CCN(S(=O)(=O)c2ccccc2Cl)CC1. The van der Waals surface area contributed by atoms with Gasteiger partial charge in [-0.1, -0.05) is 23.7 Å². The first-order chi connectivity index (χ1) is 13.9. The van der Waals surface area contributed by atoms with Crippen molar-refractivity contribution in [2.24, 2.45) is 0 Å². The van der Waals surface area contributed by atoms with Gasteiger partial charge in [-0.05, 0) is 47.4 Å². The predicted molar refractivity (Wildman–Crippen MR) is 115 cm³/mol. The van der Waals surface area contributed by atoms with Crippen LogP contribution in [-0.2, 0) is 21.4 Å². The summed E-state index contributed by atoms with van der Waals surface area (Å²) in [6, 6.07) is 9.06. The van der Waals surface area contributed by atoms with E-state index in [-0.39, 0.29) is 28.9 Å². The van der Waals surface area contributed by atoms with Gasteiger partial charge >= 0.3 is 0 Å². The zero-order valence-corrected chi connectivity index (χ0v) is 18.4. The fourth-order valence-corrected chi connectivity index (χ4v) is 6.19. The minimum absolute atomic E-state index is 0.0712. The second kappa shape index (κ2) is 8.73. The first-order valence-corrected chi connectivity index (χ1v) is 12.5. The Morgan fingerprint density at radius 1 is 1.14 bits per heavy atom. The fraction of sp³-hybridized carbons (Fsp3) is 0.450. The third-order valence-corrected chi connectivity index (χ3v) is 8.54. The molecule has 0 spiro atoms. The standard InChI is InChI=1S/C20H24ClN3O3S2/c21-18-3-1-2-4-19(18)29(26,27)24-10-8-22(9-11-24)20(25)14-23(17-5-6-17)13-16-7-12-28-15-16/h1-4,7,12,15,17H,5-6,8-11,13-14H2. The maximum absolute atomic E-state index is 12.9. The number of amides is 1. The van der Waals surface area contributed by atoms with Gasteiger partial charge in [0.25, 0.3) is 0 Å². The molecule has 0 bridgehead atoms. The van der Waals surface area contributed by atoms with Crippen molar-refractivity contribution >= 4 is 38.9 Å². The van der Waals surface area contributed by atoms with Crippen LogP contribution in [0.3, 0.4) is 0 Å². The van der Waals surface area contributed by atoms with Crippen LogP contribution in [0.25, 0.3) is 0 Å². The van der Waals surface area contributed by atoms with E-state index in [4.69, 9.17) is 11.6 Å². The molecule has 9 heteroatoms. The van der Waals surface area contributed by atoms with E-state index in [0.717, 1.165) is 19.4 Å². The summed E-state index contributed by atoms with van der Waals surface area (Å²) in [7, 11) is -3.65. The average Bonchev–Trinajstić information content (AvgIpc) is 3.44. The molecule has 0 radical (unpaired) electrons. The molecule has 1 aliphatic heterocycles. The van der Waals surface area contributed by atoms with Crippen LogP contribution < -0.4 is 0 Å². The lowest BCUT2D eigenvalue weighted by atomic mass is 10.3. The van der Waals surface area contributed by atoms with Crippen LogP contribution in [0.1, 0.15) is 18.4 Å². The summed E-state index contributed by atoms with van der Waals surface area (Å²) in [6.07, 6.45) is 2.28. The molecule has 2 aromatic rings. The quantitative estimate of drug-likeness (QED) is 0.646. The van der Waals surface area contributed by atoms with Gasteiger partial charge in [-0.2, -0.15) is 15.6 Å². The Bertz CT molecular complexity index is 953. The third-order valence-electron chi connectivity index (χ3n) is 5.41. The zero-order chi connectivity index (χ0) is 20.4. The molecule has 1 aromatic heterocycles. The van der Waals surface area contributed by atoms with Gasteiger partial charge in [-0.15, -0.1) is 0 Å². The molecule has 2 aliphatic rings. The summed E-state index contributed by atoms with van der Waals surface area (Å²) in [5.41, 5.74) is 1.24. The number of hydrogen-bond donors (Lipinski definition) is 0. The number of carbonyl (C=O) groups excluding carboxylic acids is 1. The van der Waals surface area contributed by atoms with Crippen LogP contribution in [0.5, 0.6) is 0 Å². The van der Waals surface area contributed by atoms with E-state index in [1.54, 1.807) is 34.4 Å². The number of thiophene rings is 1. The summed E-state index contributed by atoms with van der Waals surface area (Å²) in [5, 5.41) is 4.40. The molecule has 1 aromatic carbocycles. The normalized spacial score (nSPS) is 18.3. The minimum Gasteiger partial charge on any atom is -0.339 e. The molecule has 1 saturated heterocycles. The number of nitrogens with zero attached hydrogens (tertiary/aromatic N) is 3. The maximum Gasteiger partial charge on any atom is 0.244 e. The highest BCUT2D eigenvalue weighted by molar-refractivity contribution is 7.89. The van der Waals surface area contributed by atoms with Crippen LogP contribution >= 0.6 is 22.9 Å². The highest BCUT2D eigenvalue weighted by atomic mass is 35.5. The summed E-state index contributed by atoms with van der Waals surface area (Å²) >= 11 is 7.75. The molecule has 1 amide bonds. The minimum atomic E-state index is -3.65. The lowest BCUT2D eigenvalue weighted by molar-refractivity contribution is -0.133. The molecule has 0 atom stereocenters. The van der Waals surface area contributed by atoms with Crippen molar-refractivity contribution in [3.05, 3.63) is 51.7 Å². The van der Waals surface area contributed by atoms with Gasteiger partial charge < -0.3 is 4.90 Å². The molecule has 2 fully saturated rings. The lowest BCUT2D eigenvalue weighted by Gasteiger charge is -2.35. The van der Waals surface area contributed by atoms with Crippen LogP contribution in [0, 0.1) is 0 Å². The van der Waals surface area contributed by atoms with E-state index in [2.05, 4.69) is 21.7 Å². The highest BCUT2D eigenvalue weighted by Gasteiger charge is 2.34. The summed E-state index contributed by atoms with van der Waals surface area (Å²) in [5.74, 6) is 0.0712. The van der Waals surface area contributed by atoms with Gasteiger partial charge in [-0.3, -0.25) is 9.69 Å². The highest BCUT2D eigenvalue weighted by Crippen LogP contribution is 2.29. The predicted octanol–water partition coefficient (Wildman–Crippen LogP) is 2.90. The van der Waals surface area contributed by atoms with E-state index >= 15 is 0 Å². The van der Waals surface area contributed by atoms with Gasteiger partial charge in [0.1, 0.15) is 4.90 Å². The van der Waals surface area contributed by atoms with Crippen molar-refractivity contribution < 1.29 is 13.2 Å². The van der Waals surface area contributed by atoms with Crippen LogP contribution in [0.4, 0.5) is 0 Å². The Kier molecular flexibility index (Phi) is 6.27. The molecule has 1 aliphatic carbocycles. The summed E-state index contributed by atoms with van der Waals surface area (Å²) in [6.45, 7) is 2.55. The van der Waals surface area contributed by atoms with E-state index in [1.165, 1.54) is 15.9 Å². The van der Waals surface area contributed by atoms with Crippen molar-refractivity contribution in [3.63, 3.8) is 0 Å². The van der Waals surface area contributed by atoms with Crippen molar-refractivity contribution in [3.8, 4) is 0 Å². The van der Waals surface area contributed by atoms with Crippen LogP contribution in [0.15, 0.2) is 46.0 Å². The molecule has 156 valence electrons. The molecule has 0 unspecified atom stereocenters. The average molecular weight is 454 g/mol. The molecule has 4 rings (SSSR count). The number of sulfonamides is 1. The first-order valence-electron chi connectivity index (χ1n) is 9.73. The van der Waals surface area contributed by atoms with Gasteiger partial charge in [0, 0.05) is 38.8 Å². The Labute approximate surface area is 180 Å². The van der Waals surface area contributed by atoms with Gasteiger partial charge in [-0.25, -0.2) is 8.42 Å². The van der Waals surface area contributed by atoms with Crippen LogP contribution in [-0.4, -0.2) is 67.2 Å². The largest absolute Gasteiger partial charge is 0.339 e. The topological polar surface area (TPSA) is 60.9 Å². The summed E-state index contributed by atoms with van der Waals surface area (Å²) in [4.78, 5) is 17.0. The molecule has 2 heterocycles. The number of piperazine rings is 1. The van der Waals surface area contributed by atoms with Crippen molar-refractivity contribution in [2.45, 2.75) is 30.3 Å². The summed E-state index contributed by atoms with van der Waals surface area (Å²) < 4.78 is 27.2. The number of carbonyl (C=O) groups is 1. The zero-order valence-electron chi connectivity index (χ0n) is 16.0. The Balaban J connectivity index is 1.35. The van der Waals surface area contributed by atoms with E-state index < -0.39 is 10.0 Å². The van der Waals surface area contributed by atoms with E-state index in [1.807, 2.05) is 0 Å². The van der Waals surface area contributed by atoms with Crippen molar-refractivity contribution in [1.29, 1.82) is 0 Å². The number of rotatable bonds is 7. The third kappa shape index (κ3) is 4.83. The monoisotopic (exact) mass is 453 g/mol. The molecule has 29 heavy (non-hydrogen) atoms. The Morgan fingerprint density at radius 2 is 1.86 bits per heavy atom. The molecular formula is C20H24ClN3O3S2. The van der Waals surface area contributed by atoms with Crippen molar-refractivity contribution in [2.75, 3.05) is 32.7 Å². The molecule has 0 N–H and O–H groups in total.